The Morgan fingerprint density at radius 3 is 2.52 bits per heavy atom. The molecule has 1 aromatic carbocycles. The number of sulfonamides is 1. The Bertz CT molecular complexity index is 859. The first-order valence-corrected chi connectivity index (χ1v) is 8.65. The highest BCUT2D eigenvalue weighted by Gasteiger charge is 2.25. The number of fused-ring (bicyclic) bond motifs is 1. The molecule has 2 aromatic rings. The van der Waals surface area contributed by atoms with Gasteiger partial charge in [-0.2, -0.15) is 0 Å². The van der Waals surface area contributed by atoms with Gasteiger partial charge in [0.2, 0.25) is 0 Å². The van der Waals surface area contributed by atoms with E-state index in [0.717, 1.165) is 5.56 Å². The summed E-state index contributed by atoms with van der Waals surface area (Å²) in [5.74, 6) is 0.683. The van der Waals surface area contributed by atoms with Crippen LogP contribution in [0.2, 0.25) is 0 Å². The summed E-state index contributed by atoms with van der Waals surface area (Å²) in [4.78, 5) is 4.13. The fourth-order valence-electron chi connectivity index (χ4n) is 2.37. The van der Waals surface area contributed by atoms with Crippen LogP contribution in [0.4, 0.5) is 5.69 Å². The molecule has 2 heterocycles. The van der Waals surface area contributed by atoms with Crippen LogP contribution in [0, 0.1) is 0 Å². The van der Waals surface area contributed by atoms with Crippen molar-refractivity contribution in [3.05, 3.63) is 54.4 Å². The van der Waals surface area contributed by atoms with Crippen molar-refractivity contribution in [1.29, 1.82) is 0 Å². The van der Waals surface area contributed by atoms with Gasteiger partial charge in [0.15, 0.2) is 0 Å². The number of nitrogens with zero attached hydrogens (tertiary/aromatic N) is 2. The molecule has 6 heteroatoms. The third kappa shape index (κ3) is 2.94. The normalized spacial score (nSPS) is 15.6. The van der Waals surface area contributed by atoms with Crippen LogP contribution in [0.1, 0.15) is 19.4 Å². The zero-order chi connectivity index (χ0) is 16.7. The first kappa shape index (κ1) is 15.6. The van der Waals surface area contributed by atoms with Crippen LogP contribution in [0.5, 0.6) is 5.75 Å². The van der Waals surface area contributed by atoms with Crippen molar-refractivity contribution in [1.82, 2.24) is 4.98 Å². The lowest BCUT2D eigenvalue weighted by atomic mass is 10.0. The number of hydrogen-bond acceptors (Lipinski definition) is 4. The third-order valence-corrected chi connectivity index (χ3v) is 5.48. The van der Waals surface area contributed by atoms with E-state index >= 15 is 0 Å². The summed E-state index contributed by atoms with van der Waals surface area (Å²) in [6.07, 6.45) is 6.93. The molecule has 1 aliphatic heterocycles. The second-order valence-corrected chi connectivity index (χ2v) is 7.89. The Morgan fingerprint density at radius 1 is 1.13 bits per heavy atom. The average Bonchev–Trinajstić information content (AvgIpc) is 2.53. The van der Waals surface area contributed by atoms with Crippen LogP contribution < -0.4 is 9.04 Å². The number of hydrogen-bond donors (Lipinski definition) is 0. The van der Waals surface area contributed by atoms with Crippen LogP contribution in [0.3, 0.4) is 0 Å². The molecule has 3 rings (SSSR count). The molecule has 0 N–H and O–H groups in total. The minimum atomic E-state index is -3.64. The number of aromatic nitrogens is 1. The Kier molecular flexibility index (Phi) is 3.64. The van der Waals surface area contributed by atoms with Crippen LogP contribution in [0.25, 0.3) is 6.08 Å². The molecule has 0 bridgehead atoms. The van der Waals surface area contributed by atoms with Gasteiger partial charge in [-0.15, -0.1) is 0 Å². The summed E-state index contributed by atoms with van der Waals surface area (Å²) in [5.41, 5.74) is 0.931. The van der Waals surface area contributed by atoms with E-state index in [1.807, 2.05) is 26.0 Å². The van der Waals surface area contributed by atoms with Crippen molar-refractivity contribution >= 4 is 21.8 Å². The van der Waals surface area contributed by atoms with E-state index in [1.165, 1.54) is 11.4 Å². The fourth-order valence-corrected chi connectivity index (χ4v) is 3.60. The molecule has 1 aliphatic rings. The predicted molar refractivity (Wildman–Crippen MR) is 90.0 cm³/mol. The summed E-state index contributed by atoms with van der Waals surface area (Å²) in [6.45, 7) is 3.91. The van der Waals surface area contributed by atoms with E-state index in [-0.39, 0.29) is 10.5 Å². The predicted octanol–water partition coefficient (Wildman–Crippen LogP) is 3.09. The molecule has 1 aromatic heterocycles. The summed E-state index contributed by atoms with van der Waals surface area (Å²) in [7, 11) is -2.11. The lowest BCUT2D eigenvalue weighted by Gasteiger charge is -2.28. The zero-order valence-electron chi connectivity index (χ0n) is 13.2. The van der Waals surface area contributed by atoms with E-state index < -0.39 is 10.0 Å². The van der Waals surface area contributed by atoms with Crippen LogP contribution in [-0.2, 0) is 10.0 Å². The van der Waals surface area contributed by atoms with Crippen LogP contribution >= 0.6 is 0 Å². The highest BCUT2D eigenvalue weighted by Crippen LogP contribution is 2.33. The molecule has 0 aliphatic carbocycles. The third-order valence-electron chi connectivity index (χ3n) is 3.70. The largest absolute Gasteiger partial charge is 0.483 e. The number of pyridine rings is 1. The lowest BCUT2D eigenvalue weighted by molar-refractivity contribution is 0.159. The van der Waals surface area contributed by atoms with Gasteiger partial charge in [0.05, 0.1) is 10.6 Å². The van der Waals surface area contributed by atoms with E-state index in [2.05, 4.69) is 4.98 Å². The molecular weight excluding hydrogens is 312 g/mol. The van der Waals surface area contributed by atoms with Gasteiger partial charge in [-0.05, 0) is 50.3 Å². The molecular formula is C17H18N2O3S. The van der Waals surface area contributed by atoms with Gasteiger partial charge in [-0.1, -0.05) is 6.08 Å². The molecule has 120 valence electrons. The van der Waals surface area contributed by atoms with Crippen LogP contribution in [0.15, 0.2) is 53.7 Å². The minimum absolute atomic E-state index is 0.225. The van der Waals surface area contributed by atoms with Crippen molar-refractivity contribution in [3.8, 4) is 5.75 Å². The molecule has 0 fully saturated rings. The van der Waals surface area contributed by atoms with Gasteiger partial charge in [0, 0.05) is 25.0 Å². The molecule has 0 atom stereocenters. The van der Waals surface area contributed by atoms with Gasteiger partial charge in [-0.25, -0.2) is 8.42 Å². The molecule has 0 radical (unpaired) electrons. The second-order valence-electron chi connectivity index (χ2n) is 5.92. The number of ether oxygens (including phenoxy) is 1. The number of anilines is 1. The van der Waals surface area contributed by atoms with E-state index in [4.69, 9.17) is 4.74 Å². The number of rotatable bonds is 3. The van der Waals surface area contributed by atoms with Gasteiger partial charge >= 0.3 is 0 Å². The zero-order valence-corrected chi connectivity index (χ0v) is 14.0. The molecule has 0 unspecified atom stereocenters. The molecule has 0 saturated heterocycles. The molecule has 0 saturated carbocycles. The molecule has 5 nitrogen and oxygen atoms in total. The van der Waals surface area contributed by atoms with Crippen molar-refractivity contribution in [3.63, 3.8) is 0 Å². The van der Waals surface area contributed by atoms with Gasteiger partial charge < -0.3 is 4.74 Å². The standard InChI is InChI=1S/C17H18N2O3S/c1-17(2)9-6-13-12-15(4-5-16(13)22-17)23(20,21)19(3)14-7-10-18-11-8-14/h4-12H,1-3H3. The SMILES string of the molecule is CN(c1ccncc1)S(=O)(=O)c1ccc2c(c1)C=CC(C)(C)O2. The lowest BCUT2D eigenvalue weighted by Crippen LogP contribution is -2.28. The quantitative estimate of drug-likeness (QED) is 0.868. The molecule has 0 spiro atoms. The fraction of sp³-hybridized carbons (Fsp3) is 0.235. The van der Waals surface area contributed by atoms with E-state index in [9.17, 15) is 8.42 Å². The first-order valence-electron chi connectivity index (χ1n) is 7.21. The van der Waals surface area contributed by atoms with Gasteiger partial charge in [-0.3, -0.25) is 9.29 Å². The van der Waals surface area contributed by atoms with E-state index in [1.54, 1.807) is 42.7 Å². The Morgan fingerprint density at radius 2 is 1.83 bits per heavy atom. The van der Waals surface area contributed by atoms with Crippen molar-refractivity contribution < 1.29 is 13.2 Å². The van der Waals surface area contributed by atoms with Gasteiger partial charge in [0.1, 0.15) is 11.4 Å². The molecule has 0 amide bonds. The highest BCUT2D eigenvalue weighted by atomic mass is 32.2. The summed E-state index contributed by atoms with van der Waals surface area (Å²) in [5, 5.41) is 0. The maximum absolute atomic E-state index is 12.8. The van der Waals surface area contributed by atoms with E-state index in [0.29, 0.717) is 11.4 Å². The highest BCUT2D eigenvalue weighted by molar-refractivity contribution is 7.92. The summed E-state index contributed by atoms with van der Waals surface area (Å²) in [6, 6.07) is 8.21. The Labute approximate surface area is 136 Å². The maximum atomic E-state index is 12.8. The Hall–Kier alpha value is -2.34. The molecule has 23 heavy (non-hydrogen) atoms. The monoisotopic (exact) mass is 330 g/mol. The Balaban J connectivity index is 1.99. The van der Waals surface area contributed by atoms with Crippen molar-refractivity contribution in [2.24, 2.45) is 0 Å². The first-order chi connectivity index (χ1) is 10.8. The smallest absolute Gasteiger partial charge is 0.264 e. The van der Waals surface area contributed by atoms with Gasteiger partial charge in [0.25, 0.3) is 10.0 Å². The van der Waals surface area contributed by atoms with Crippen molar-refractivity contribution in [2.75, 3.05) is 11.4 Å². The maximum Gasteiger partial charge on any atom is 0.264 e. The summed E-state index contributed by atoms with van der Waals surface area (Å²) < 4.78 is 32.6. The average molecular weight is 330 g/mol. The second kappa shape index (κ2) is 5.38. The summed E-state index contributed by atoms with van der Waals surface area (Å²) >= 11 is 0. The van der Waals surface area contributed by atoms with Crippen LogP contribution in [-0.4, -0.2) is 26.1 Å². The van der Waals surface area contributed by atoms with Crippen molar-refractivity contribution in [2.45, 2.75) is 24.3 Å². The topological polar surface area (TPSA) is 59.5 Å². The minimum Gasteiger partial charge on any atom is -0.483 e. The number of benzene rings is 1.